The minimum absolute atomic E-state index is 0.00238. The summed E-state index contributed by atoms with van der Waals surface area (Å²) in [5.74, 6) is -0.700. The summed E-state index contributed by atoms with van der Waals surface area (Å²) in [5.41, 5.74) is 3.87. The van der Waals surface area contributed by atoms with E-state index >= 15 is 0 Å². The number of carbonyl (C=O) groups excluding carboxylic acids is 1. The Kier molecular flexibility index (Phi) is 4.16. The van der Waals surface area contributed by atoms with Gasteiger partial charge in [-0.3, -0.25) is 4.18 Å². The Bertz CT molecular complexity index is 697. The van der Waals surface area contributed by atoms with Crippen LogP contribution in [0.2, 0.25) is 0 Å². The molecule has 2 atom stereocenters. The topological polar surface area (TPSA) is 95.7 Å². The summed E-state index contributed by atoms with van der Waals surface area (Å²) < 4.78 is 34.8. The van der Waals surface area contributed by atoms with Crippen molar-refractivity contribution in [2.45, 2.75) is 36.3 Å². The minimum atomic E-state index is -4.06. The smallest absolute Gasteiger partial charge is 0.329 e. The van der Waals surface area contributed by atoms with Gasteiger partial charge in [0.15, 0.2) is 5.54 Å². The second kappa shape index (κ2) is 5.49. The first-order chi connectivity index (χ1) is 10.2. The van der Waals surface area contributed by atoms with Gasteiger partial charge in [0.25, 0.3) is 10.1 Å². The summed E-state index contributed by atoms with van der Waals surface area (Å²) >= 11 is 0. The van der Waals surface area contributed by atoms with Gasteiger partial charge < -0.3 is 10.5 Å². The Hall–Kier alpha value is -1.70. The lowest BCUT2D eigenvalue weighted by Crippen LogP contribution is -2.44. The van der Waals surface area contributed by atoms with Crippen LogP contribution < -0.4 is 5.73 Å². The van der Waals surface area contributed by atoms with Crippen molar-refractivity contribution >= 4 is 16.1 Å². The van der Waals surface area contributed by atoms with Gasteiger partial charge in [-0.2, -0.15) is 8.42 Å². The van der Waals surface area contributed by atoms with E-state index in [4.69, 9.17) is 14.7 Å². The van der Waals surface area contributed by atoms with Crippen LogP contribution in [0.1, 0.15) is 18.9 Å². The number of hydrogen-bond acceptors (Lipinski definition) is 6. The molecule has 0 heterocycles. The number of ether oxygens (including phenoxy) is 1. The average molecular weight is 325 g/mol. The first-order valence-corrected chi connectivity index (χ1v) is 8.23. The second-order valence-electron chi connectivity index (χ2n) is 5.31. The predicted octanol–water partition coefficient (Wildman–Crippen LogP) is 1.29. The number of rotatable bonds is 6. The van der Waals surface area contributed by atoms with Crippen molar-refractivity contribution in [1.82, 2.24) is 0 Å². The van der Waals surface area contributed by atoms with Gasteiger partial charge >= 0.3 is 5.97 Å². The SMILES string of the molecule is C=CC1(OS(=O)(=O)c2ccc(C)cc2)CC1(N)C(=O)OCC. The van der Waals surface area contributed by atoms with Gasteiger partial charge in [-0.15, -0.1) is 6.58 Å². The summed E-state index contributed by atoms with van der Waals surface area (Å²) in [6.07, 6.45) is 1.25. The van der Waals surface area contributed by atoms with Crippen LogP contribution in [-0.2, 0) is 23.8 Å². The zero-order valence-corrected chi connectivity index (χ0v) is 13.4. The van der Waals surface area contributed by atoms with Crippen molar-refractivity contribution in [1.29, 1.82) is 0 Å². The first-order valence-electron chi connectivity index (χ1n) is 6.83. The van der Waals surface area contributed by atoms with E-state index in [-0.39, 0.29) is 17.9 Å². The third-order valence-corrected chi connectivity index (χ3v) is 5.08. The molecule has 0 saturated heterocycles. The summed E-state index contributed by atoms with van der Waals surface area (Å²) in [4.78, 5) is 11.9. The summed E-state index contributed by atoms with van der Waals surface area (Å²) in [6, 6.07) is 6.19. The van der Waals surface area contributed by atoms with Gasteiger partial charge in [0.05, 0.1) is 11.5 Å². The molecule has 0 radical (unpaired) electrons. The van der Waals surface area contributed by atoms with Crippen molar-refractivity contribution in [3.8, 4) is 0 Å². The van der Waals surface area contributed by atoms with E-state index < -0.39 is 27.2 Å². The lowest BCUT2D eigenvalue weighted by Gasteiger charge is -2.18. The van der Waals surface area contributed by atoms with E-state index in [0.29, 0.717) is 0 Å². The van der Waals surface area contributed by atoms with Gasteiger partial charge in [0.2, 0.25) is 0 Å². The standard InChI is InChI=1S/C15H19NO5S/c1-4-14(10-15(14,16)13(17)20-5-2)21-22(18,19)12-8-6-11(3)7-9-12/h4,6-9H,1,5,10,16H2,2-3H3. The molecule has 2 N–H and O–H groups in total. The molecule has 1 aromatic rings. The number of carbonyl (C=O) groups is 1. The zero-order valence-electron chi connectivity index (χ0n) is 12.5. The Morgan fingerprint density at radius 3 is 2.50 bits per heavy atom. The molecule has 0 aromatic heterocycles. The highest BCUT2D eigenvalue weighted by molar-refractivity contribution is 7.86. The fraction of sp³-hybridized carbons (Fsp3) is 0.400. The lowest BCUT2D eigenvalue weighted by molar-refractivity contribution is -0.147. The molecule has 1 fully saturated rings. The molecule has 0 amide bonds. The van der Waals surface area contributed by atoms with Crippen molar-refractivity contribution in [3.05, 3.63) is 42.5 Å². The minimum Gasteiger partial charge on any atom is -0.465 e. The molecule has 0 aliphatic heterocycles. The molecule has 7 heteroatoms. The molecule has 22 heavy (non-hydrogen) atoms. The van der Waals surface area contributed by atoms with E-state index in [1.54, 1.807) is 19.1 Å². The maximum Gasteiger partial charge on any atom is 0.329 e. The highest BCUT2D eigenvalue weighted by Gasteiger charge is 2.73. The molecule has 6 nitrogen and oxygen atoms in total. The molecule has 2 rings (SSSR count). The fourth-order valence-electron chi connectivity index (χ4n) is 2.22. The maximum absolute atomic E-state index is 12.3. The van der Waals surface area contributed by atoms with Gasteiger partial charge in [0, 0.05) is 6.42 Å². The third-order valence-electron chi connectivity index (χ3n) is 3.71. The third kappa shape index (κ3) is 2.67. The lowest BCUT2D eigenvalue weighted by atomic mass is 10.2. The monoisotopic (exact) mass is 325 g/mol. The highest BCUT2D eigenvalue weighted by Crippen LogP contribution is 2.52. The summed E-state index contributed by atoms with van der Waals surface area (Å²) in [5, 5.41) is 0. The zero-order chi connectivity index (χ0) is 16.6. The largest absolute Gasteiger partial charge is 0.465 e. The number of hydrogen-bond donors (Lipinski definition) is 1. The van der Waals surface area contributed by atoms with Crippen molar-refractivity contribution in [3.63, 3.8) is 0 Å². The number of nitrogens with two attached hydrogens (primary N) is 1. The van der Waals surface area contributed by atoms with Crippen molar-refractivity contribution < 1.29 is 22.1 Å². The normalized spacial score (nSPS) is 27.2. The molecule has 0 bridgehead atoms. The first kappa shape index (κ1) is 16.7. The number of esters is 1. The Morgan fingerprint density at radius 1 is 1.41 bits per heavy atom. The molecule has 1 saturated carbocycles. The van der Waals surface area contributed by atoms with Crippen LogP contribution >= 0.6 is 0 Å². The maximum atomic E-state index is 12.3. The van der Waals surface area contributed by atoms with Crippen LogP contribution in [-0.4, -0.2) is 32.1 Å². The van der Waals surface area contributed by atoms with Gasteiger partial charge in [-0.05, 0) is 26.0 Å². The van der Waals surface area contributed by atoms with Crippen LogP contribution in [0.3, 0.4) is 0 Å². The van der Waals surface area contributed by atoms with Gasteiger partial charge in [-0.25, -0.2) is 4.79 Å². The van der Waals surface area contributed by atoms with E-state index in [9.17, 15) is 13.2 Å². The summed E-state index contributed by atoms with van der Waals surface area (Å²) in [6.45, 7) is 7.18. The highest BCUT2D eigenvalue weighted by atomic mass is 32.2. The molecule has 120 valence electrons. The van der Waals surface area contributed by atoms with Crippen LogP contribution in [0.15, 0.2) is 41.8 Å². The molecule has 1 aliphatic carbocycles. The van der Waals surface area contributed by atoms with E-state index in [0.717, 1.165) is 5.56 Å². The molecule has 0 spiro atoms. The quantitative estimate of drug-likeness (QED) is 0.481. The van der Waals surface area contributed by atoms with Gasteiger partial charge in [0.1, 0.15) is 5.60 Å². The Labute approximate surface area is 130 Å². The molecular weight excluding hydrogens is 306 g/mol. The number of benzene rings is 1. The fourth-order valence-corrected chi connectivity index (χ4v) is 3.45. The second-order valence-corrected chi connectivity index (χ2v) is 6.86. The Balaban J connectivity index is 2.27. The van der Waals surface area contributed by atoms with Crippen LogP contribution in [0.4, 0.5) is 0 Å². The van der Waals surface area contributed by atoms with Crippen LogP contribution in [0.5, 0.6) is 0 Å². The van der Waals surface area contributed by atoms with Crippen LogP contribution in [0.25, 0.3) is 0 Å². The molecular formula is C15H19NO5S. The van der Waals surface area contributed by atoms with E-state index in [2.05, 4.69) is 6.58 Å². The molecule has 1 aliphatic rings. The predicted molar refractivity (Wildman–Crippen MR) is 80.5 cm³/mol. The van der Waals surface area contributed by atoms with E-state index in [1.165, 1.54) is 18.2 Å². The number of aryl methyl sites for hydroxylation is 1. The molecule has 2 unspecified atom stereocenters. The van der Waals surface area contributed by atoms with Crippen molar-refractivity contribution in [2.75, 3.05) is 6.61 Å². The Morgan fingerprint density at radius 2 is 2.00 bits per heavy atom. The van der Waals surface area contributed by atoms with E-state index in [1.807, 2.05) is 6.92 Å². The molecule has 1 aromatic carbocycles. The van der Waals surface area contributed by atoms with Gasteiger partial charge in [-0.1, -0.05) is 23.8 Å². The van der Waals surface area contributed by atoms with Crippen LogP contribution in [0, 0.1) is 6.92 Å². The summed E-state index contributed by atoms with van der Waals surface area (Å²) in [7, 11) is -4.06. The van der Waals surface area contributed by atoms with Crippen molar-refractivity contribution in [2.24, 2.45) is 5.73 Å². The average Bonchev–Trinajstić information content (AvgIpc) is 3.05.